The molecule has 0 bridgehead atoms. The lowest BCUT2D eigenvalue weighted by atomic mass is 9.73. The van der Waals surface area contributed by atoms with Gasteiger partial charge in [-0.1, -0.05) is 41.0 Å². The normalized spacial score (nSPS) is 20.3. The van der Waals surface area contributed by atoms with E-state index in [1.54, 1.807) is 0 Å². The maximum atomic E-state index is 8.35. The Hall–Kier alpha value is -1.24. The van der Waals surface area contributed by atoms with Crippen LogP contribution in [-0.4, -0.2) is 12.2 Å². The van der Waals surface area contributed by atoms with E-state index in [1.165, 1.54) is 25.7 Å². The zero-order valence-electron chi connectivity index (χ0n) is 9.72. The minimum Gasteiger partial charge on any atom is -0.222 e. The molecule has 2 N–H and O–H groups in total. The molecule has 1 unspecified atom stereocenters. The van der Waals surface area contributed by atoms with Crippen molar-refractivity contribution >= 4 is 12.2 Å². The van der Waals surface area contributed by atoms with Crippen LogP contribution in [0.15, 0.2) is 0 Å². The summed E-state index contributed by atoms with van der Waals surface area (Å²) < 4.78 is 0. The van der Waals surface area contributed by atoms with E-state index >= 15 is 0 Å². The number of hydrogen-bond acceptors (Lipinski definition) is 4. The van der Waals surface area contributed by atoms with Gasteiger partial charge in [-0.05, 0) is 24.2 Å². The average molecular weight is 228 g/mol. The minimum absolute atomic E-state index is 0. The molecule has 0 aromatic heterocycles. The monoisotopic (exact) mass is 228 g/mol. The number of hydrogen-bond donors (Lipinski definition) is 2. The number of carbonyl (C=O) groups excluding carboxylic acids is 2. The van der Waals surface area contributed by atoms with E-state index in [1.807, 2.05) is 0 Å². The Morgan fingerprint density at radius 3 is 1.75 bits per heavy atom. The summed E-state index contributed by atoms with van der Waals surface area (Å²) in [6.45, 7) is 7.16. The predicted octanol–water partition coefficient (Wildman–Crippen LogP) is 3.66. The molecule has 4 nitrogen and oxygen atoms in total. The zero-order chi connectivity index (χ0) is 12.3. The second kappa shape index (κ2) is 11.8. The van der Waals surface area contributed by atoms with E-state index in [4.69, 9.17) is 20.4 Å². The van der Waals surface area contributed by atoms with E-state index in [0.29, 0.717) is 5.41 Å². The van der Waals surface area contributed by atoms with Crippen LogP contribution in [0.2, 0.25) is 0 Å². The number of rotatable bonds is 0. The molecule has 94 valence electrons. The van der Waals surface area contributed by atoms with Crippen LogP contribution < -0.4 is 0 Å². The third kappa shape index (κ3) is 15.2. The summed E-state index contributed by atoms with van der Waals surface area (Å²) in [5.74, 6) is 0.980. The Labute approximate surface area is 98.5 Å². The van der Waals surface area contributed by atoms with Crippen molar-refractivity contribution in [2.45, 2.75) is 53.9 Å². The van der Waals surface area contributed by atoms with Crippen molar-refractivity contribution in [2.75, 3.05) is 0 Å². The Bertz CT molecular complexity index is 213. The van der Waals surface area contributed by atoms with Gasteiger partial charge in [0.1, 0.15) is 0 Å². The van der Waals surface area contributed by atoms with Gasteiger partial charge in [-0.2, -0.15) is 0 Å². The van der Waals surface area contributed by atoms with Crippen molar-refractivity contribution in [2.24, 2.45) is 11.3 Å². The summed E-state index contributed by atoms with van der Waals surface area (Å²) in [5.41, 5.74) is 0.650. The zero-order valence-corrected chi connectivity index (χ0v) is 9.72. The standard InChI is InChI=1S/C9H18.2CHNO.CH4/c1-8-5-4-6-9(2,3)7-8;2*2-1-3;/h8H,4-7H2,1-3H3;2*2H;1H4. The van der Waals surface area contributed by atoms with Gasteiger partial charge in [0.05, 0.1) is 0 Å². The largest absolute Gasteiger partial charge is 0.231 e. The molecule has 0 aliphatic heterocycles. The predicted molar refractivity (Wildman–Crippen MR) is 65.0 cm³/mol. The third-order valence-corrected chi connectivity index (χ3v) is 2.45. The van der Waals surface area contributed by atoms with Crippen LogP contribution in [0.1, 0.15) is 53.9 Å². The second-order valence-electron chi connectivity index (χ2n) is 4.57. The van der Waals surface area contributed by atoms with Gasteiger partial charge < -0.3 is 0 Å². The van der Waals surface area contributed by atoms with Gasteiger partial charge in [0.2, 0.25) is 12.2 Å². The van der Waals surface area contributed by atoms with Crippen LogP contribution in [0.4, 0.5) is 0 Å². The average Bonchev–Trinajstić information content (AvgIpc) is 2.03. The molecule has 1 atom stereocenters. The molecule has 1 fully saturated rings. The lowest BCUT2D eigenvalue weighted by molar-refractivity contribution is 0.191. The molecule has 1 rings (SSSR count). The van der Waals surface area contributed by atoms with Crippen molar-refractivity contribution in [3.8, 4) is 0 Å². The molecule has 4 heteroatoms. The number of isocyanates is 2. The smallest absolute Gasteiger partial charge is 0.222 e. The molecule has 0 saturated heterocycles. The molecule has 0 aromatic rings. The summed E-state index contributed by atoms with van der Waals surface area (Å²) in [6, 6.07) is 0. The molecule has 1 aliphatic carbocycles. The third-order valence-electron chi connectivity index (χ3n) is 2.45. The van der Waals surface area contributed by atoms with Crippen LogP contribution in [0.5, 0.6) is 0 Å². The van der Waals surface area contributed by atoms with Gasteiger partial charge in [-0.3, -0.25) is 0 Å². The van der Waals surface area contributed by atoms with Gasteiger partial charge in [-0.15, -0.1) is 0 Å². The van der Waals surface area contributed by atoms with Gasteiger partial charge in [-0.25, -0.2) is 20.4 Å². The fourth-order valence-electron chi connectivity index (χ4n) is 2.08. The first-order valence-corrected chi connectivity index (χ1v) is 5.01. The van der Waals surface area contributed by atoms with Crippen LogP contribution >= 0.6 is 0 Å². The molecule has 0 radical (unpaired) electrons. The van der Waals surface area contributed by atoms with Crippen molar-refractivity contribution in [1.82, 2.24) is 0 Å². The van der Waals surface area contributed by atoms with Crippen molar-refractivity contribution in [1.29, 1.82) is 10.8 Å². The van der Waals surface area contributed by atoms with Crippen LogP contribution in [-0.2, 0) is 9.59 Å². The van der Waals surface area contributed by atoms with Gasteiger partial charge in [0, 0.05) is 0 Å². The molecule has 1 aliphatic rings. The number of nitrogens with one attached hydrogen (secondary N) is 2. The lowest BCUT2D eigenvalue weighted by Gasteiger charge is -2.33. The molecule has 0 heterocycles. The molecule has 0 amide bonds. The molecule has 0 aromatic carbocycles. The molecular formula is C12H24N2O2. The van der Waals surface area contributed by atoms with E-state index in [0.717, 1.165) is 18.1 Å². The van der Waals surface area contributed by atoms with E-state index in [2.05, 4.69) is 20.8 Å². The molecule has 0 spiro atoms. The highest BCUT2D eigenvalue weighted by molar-refractivity contribution is 5.26. The van der Waals surface area contributed by atoms with Crippen LogP contribution in [0, 0.1) is 22.2 Å². The minimum atomic E-state index is 0. The van der Waals surface area contributed by atoms with Crippen LogP contribution in [0.25, 0.3) is 0 Å². The van der Waals surface area contributed by atoms with E-state index < -0.39 is 0 Å². The quantitative estimate of drug-likeness (QED) is 0.490. The Morgan fingerprint density at radius 1 is 1.19 bits per heavy atom. The summed E-state index contributed by atoms with van der Waals surface area (Å²) in [7, 11) is 0. The second-order valence-corrected chi connectivity index (χ2v) is 4.57. The maximum absolute atomic E-state index is 8.35. The first-order chi connectivity index (χ1) is 6.93. The first-order valence-electron chi connectivity index (χ1n) is 5.01. The Balaban J connectivity index is -0.000000207. The SMILES string of the molecule is C.CC1CCCC(C)(C)C1.N=C=O.N=C=O. The fourth-order valence-corrected chi connectivity index (χ4v) is 2.08. The summed E-state index contributed by atoms with van der Waals surface area (Å²) in [6.07, 6.45) is 7.29. The van der Waals surface area contributed by atoms with Gasteiger partial charge in [0.25, 0.3) is 0 Å². The Morgan fingerprint density at radius 2 is 1.56 bits per heavy atom. The van der Waals surface area contributed by atoms with Crippen molar-refractivity contribution in [3.05, 3.63) is 0 Å². The highest BCUT2D eigenvalue weighted by Crippen LogP contribution is 2.37. The Kier molecular flexibility index (Phi) is 14.9. The van der Waals surface area contributed by atoms with Gasteiger partial charge >= 0.3 is 0 Å². The van der Waals surface area contributed by atoms with Crippen molar-refractivity contribution in [3.63, 3.8) is 0 Å². The summed E-state index contributed by atoms with van der Waals surface area (Å²) in [4.78, 5) is 16.7. The van der Waals surface area contributed by atoms with Crippen LogP contribution in [0.3, 0.4) is 0 Å². The topological polar surface area (TPSA) is 81.8 Å². The fraction of sp³-hybridized carbons (Fsp3) is 0.833. The highest BCUT2D eigenvalue weighted by Gasteiger charge is 2.24. The van der Waals surface area contributed by atoms with E-state index in [9.17, 15) is 0 Å². The highest BCUT2D eigenvalue weighted by atomic mass is 16.1. The maximum Gasteiger partial charge on any atom is 0.231 e. The molecule has 16 heavy (non-hydrogen) atoms. The summed E-state index contributed by atoms with van der Waals surface area (Å²) >= 11 is 0. The molecular weight excluding hydrogens is 204 g/mol. The first kappa shape index (κ1) is 20.2. The molecule has 1 saturated carbocycles. The van der Waals surface area contributed by atoms with E-state index in [-0.39, 0.29) is 7.43 Å². The lowest BCUT2D eigenvalue weighted by Crippen LogP contribution is -2.20. The van der Waals surface area contributed by atoms with Gasteiger partial charge in [0.15, 0.2) is 0 Å². The summed E-state index contributed by atoms with van der Waals surface area (Å²) in [5, 5.41) is 10.8. The van der Waals surface area contributed by atoms with Crippen molar-refractivity contribution < 1.29 is 9.59 Å².